The van der Waals surface area contributed by atoms with Crippen molar-refractivity contribution in [2.45, 2.75) is 12.8 Å². The number of nitrogens with zero attached hydrogens (tertiary/aromatic N) is 2. The van der Waals surface area contributed by atoms with Gasteiger partial charge in [0.05, 0.1) is 18.5 Å². The second-order valence-electron chi connectivity index (χ2n) is 4.89. The highest BCUT2D eigenvalue weighted by Gasteiger charge is 2.09. The van der Waals surface area contributed by atoms with Crippen molar-refractivity contribution in [3.05, 3.63) is 53.3 Å². The van der Waals surface area contributed by atoms with E-state index in [0.717, 1.165) is 16.2 Å². The number of hydrogen-bond donors (Lipinski definition) is 2. The number of aromatic nitrogens is 2. The van der Waals surface area contributed by atoms with E-state index in [0.29, 0.717) is 5.69 Å². The maximum absolute atomic E-state index is 12.0. The van der Waals surface area contributed by atoms with Crippen LogP contribution >= 0.6 is 11.3 Å². The normalized spacial score (nSPS) is 10.7. The second-order valence-corrected chi connectivity index (χ2v) is 5.76. The van der Waals surface area contributed by atoms with Crippen LogP contribution < -0.4 is 11.1 Å². The first-order chi connectivity index (χ1) is 10.6. The lowest BCUT2D eigenvalue weighted by molar-refractivity contribution is -0.117. The van der Waals surface area contributed by atoms with E-state index in [9.17, 15) is 9.59 Å². The Morgan fingerprint density at radius 1 is 1.23 bits per heavy atom. The molecule has 3 aromatic rings. The van der Waals surface area contributed by atoms with Crippen LogP contribution in [-0.4, -0.2) is 21.2 Å². The summed E-state index contributed by atoms with van der Waals surface area (Å²) >= 11 is 1.53. The van der Waals surface area contributed by atoms with Gasteiger partial charge in [0.25, 0.3) is 0 Å². The van der Waals surface area contributed by atoms with Crippen LogP contribution in [0.3, 0.4) is 0 Å². The summed E-state index contributed by atoms with van der Waals surface area (Å²) in [7, 11) is 0. The van der Waals surface area contributed by atoms with E-state index in [1.54, 1.807) is 24.3 Å². The van der Waals surface area contributed by atoms with Gasteiger partial charge in [0.15, 0.2) is 4.96 Å². The Balaban J connectivity index is 1.61. The zero-order chi connectivity index (χ0) is 15.5. The number of hydrogen-bond acceptors (Lipinski definition) is 4. The van der Waals surface area contributed by atoms with Gasteiger partial charge in [-0.25, -0.2) is 4.98 Å². The number of carbonyl (C=O) groups is 2. The van der Waals surface area contributed by atoms with E-state index in [-0.39, 0.29) is 24.7 Å². The van der Waals surface area contributed by atoms with E-state index in [1.807, 2.05) is 22.2 Å². The highest BCUT2D eigenvalue weighted by molar-refractivity contribution is 7.15. The van der Waals surface area contributed by atoms with Gasteiger partial charge in [-0.1, -0.05) is 12.1 Å². The van der Waals surface area contributed by atoms with Crippen molar-refractivity contribution in [3.63, 3.8) is 0 Å². The highest BCUT2D eigenvalue weighted by Crippen LogP contribution is 2.13. The first-order valence-corrected chi connectivity index (χ1v) is 7.56. The molecule has 0 radical (unpaired) electrons. The van der Waals surface area contributed by atoms with Crippen LogP contribution in [0, 0.1) is 0 Å². The van der Waals surface area contributed by atoms with Gasteiger partial charge in [-0.15, -0.1) is 11.3 Å². The maximum Gasteiger partial charge on any atom is 0.230 e. The average Bonchev–Trinajstić information content (AvgIpc) is 3.01. The lowest BCUT2D eigenvalue weighted by Crippen LogP contribution is -2.15. The molecule has 112 valence electrons. The molecular formula is C15H14N4O2S. The van der Waals surface area contributed by atoms with Crippen molar-refractivity contribution < 1.29 is 9.59 Å². The van der Waals surface area contributed by atoms with Gasteiger partial charge in [0.2, 0.25) is 11.8 Å². The van der Waals surface area contributed by atoms with Crippen LogP contribution in [0.25, 0.3) is 4.96 Å². The molecule has 0 aliphatic heterocycles. The van der Waals surface area contributed by atoms with Crippen molar-refractivity contribution in [1.82, 2.24) is 9.38 Å². The fourth-order valence-corrected chi connectivity index (χ4v) is 2.86. The molecule has 2 amide bonds. The fourth-order valence-electron chi connectivity index (χ4n) is 2.14. The molecule has 0 fully saturated rings. The number of carbonyl (C=O) groups excluding carboxylic acids is 2. The van der Waals surface area contributed by atoms with E-state index >= 15 is 0 Å². The van der Waals surface area contributed by atoms with E-state index < -0.39 is 0 Å². The molecule has 3 rings (SSSR count). The first kappa shape index (κ1) is 14.3. The van der Waals surface area contributed by atoms with Gasteiger partial charge in [-0.2, -0.15) is 0 Å². The maximum atomic E-state index is 12.0. The Bertz CT molecular complexity index is 791. The van der Waals surface area contributed by atoms with Crippen LogP contribution in [0.2, 0.25) is 0 Å². The lowest BCUT2D eigenvalue weighted by Gasteiger charge is -2.05. The summed E-state index contributed by atoms with van der Waals surface area (Å²) in [4.78, 5) is 28.1. The molecule has 0 bridgehead atoms. The van der Waals surface area contributed by atoms with Gasteiger partial charge in [0, 0.05) is 23.5 Å². The molecule has 0 unspecified atom stereocenters. The third-order valence-corrected chi connectivity index (χ3v) is 3.87. The molecule has 2 heterocycles. The van der Waals surface area contributed by atoms with Gasteiger partial charge in [0.1, 0.15) is 0 Å². The van der Waals surface area contributed by atoms with E-state index in [2.05, 4.69) is 10.3 Å². The summed E-state index contributed by atoms with van der Waals surface area (Å²) < 4.78 is 1.89. The Hall–Kier alpha value is -2.67. The molecule has 1 aromatic carbocycles. The largest absolute Gasteiger partial charge is 0.369 e. The number of benzene rings is 1. The minimum absolute atomic E-state index is 0.131. The molecule has 0 saturated carbocycles. The van der Waals surface area contributed by atoms with E-state index in [4.69, 9.17) is 5.73 Å². The zero-order valence-corrected chi connectivity index (χ0v) is 12.5. The van der Waals surface area contributed by atoms with Crippen LogP contribution in [0.1, 0.15) is 11.3 Å². The number of amides is 2. The zero-order valence-electron chi connectivity index (χ0n) is 11.7. The SMILES string of the molecule is NC(=O)Cc1ccc(NC(=O)Cc2cn3ccsc3n2)cc1. The number of thiazole rings is 1. The van der Waals surface area contributed by atoms with Crippen LogP contribution in [0.15, 0.2) is 42.0 Å². The highest BCUT2D eigenvalue weighted by atomic mass is 32.1. The second kappa shape index (κ2) is 5.98. The van der Waals surface area contributed by atoms with E-state index in [1.165, 1.54) is 11.3 Å². The average molecular weight is 314 g/mol. The van der Waals surface area contributed by atoms with Crippen molar-refractivity contribution >= 4 is 33.8 Å². The number of nitrogens with two attached hydrogens (primary N) is 1. The standard InChI is InChI=1S/C15H14N4O2S/c16-13(20)7-10-1-3-11(4-2-10)17-14(21)8-12-9-19-5-6-22-15(19)18-12/h1-6,9H,7-8H2,(H2,16,20)(H,17,21). The summed E-state index contributed by atoms with van der Waals surface area (Å²) in [5.74, 6) is -0.509. The topological polar surface area (TPSA) is 89.5 Å². The third kappa shape index (κ3) is 3.32. The van der Waals surface area contributed by atoms with Gasteiger partial charge < -0.3 is 11.1 Å². The lowest BCUT2D eigenvalue weighted by atomic mass is 10.1. The molecule has 0 aliphatic rings. The molecule has 22 heavy (non-hydrogen) atoms. The number of imidazole rings is 1. The summed E-state index contributed by atoms with van der Waals surface area (Å²) in [5.41, 5.74) is 7.37. The number of rotatable bonds is 5. The molecule has 0 aliphatic carbocycles. The molecule has 3 N–H and O–H groups in total. The fraction of sp³-hybridized carbons (Fsp3) is 0.133. The Kier molecular flexibility index (Phi) is 3.88. The number of nitrogens with one attached hydrogen (secondary N) is 1. The van der Waals surface area contributed by atoms with Gasteiger partial charge >= 0.3 is 0 Å². The Morgan fingerprint density at radius 2 is 2.00 bits per heavy atom. The predicted octanol–water partition coefficient (Wildman–Crippen LogP) is 1.60. The van der Waals surface area contributed by atoms with Crippen LogP contribution in [0.5, 0.6) is 0 Å². The van der Waals surface area contributed by atoms with Crippen molar-refractivity contribution in [1.29, 1.82) is 0 Å². The van der Waals surface area contributed by atoms with Crippen molar-refractivity contribution in [2.75, 3.05) is 5.32 Å². The van der Waals surface area contributed by atoms with Gasteiger partial charge in [-0.05, 0) is 17.7 Å². The smallest absolute Gasteiger partial charge is 0.230 e. The summed E-state index contributed by atoms with van der Waals surface area (Å²) in [5, 5.41) is 4.75. The number of primary amides is 1. The molecular weight excluding hydrogens is 300 g/mol. The molecule has 0 spiro atoms. The van der Waals surface area contributed by atoms with Crippen molar-refractivity contribution in [3.8, 4) is 0 Å². The summed E-state index contributed by atoms with van der Waals surface area (Å²) in [6.07, 6.45) is 4.17. The van der Waals surface area contributed by atoms with Gasteiger partial charge in [-0.3, -0.25) is 14.0 Å². The van der Waals surface area contributed by atoms with Crippen LogP contribution in [-0.2, 0) is 22.4 Å². The third-order valence-electron chi connectivity index (χ3n) is 3.10. The molecule has 0 saturated heterocycles. The Morgan fingerprint density at radius 3 is 2.68 bits per heavy atom. The molecule has 6 nitrogen and oxygen atoms in total. The first-order valence-electron chi connectivity index (χ1n) is 6.68. The van der Waals surface area contributed by atoms with Crippen molar-refractivity contribution in [2.24, 2.45) is 5.73 Å². The van der Waals surface area contributed by atoms with Crippen LogP contribution in [0.4, 0.5) is 5.69 Å². The predicted molar refractivity (Wildman–Crippen MR) is 84.7 cm³/mol. The molecule has 7 heteroatoms. The summed E-state index contributed by atoms with van der Waals surface area (Å²) in [6.45, 7) is 0. The summed E-state index contributed by atoms with van der Waals surface area (Å²) in [6, 6.07) is 7.05. The monoisotopic (exact) mass is 314 g/mol. The number of fused-ring (bicyclic) bond motifs is 1. The number of anilines is 1. The minimum Gasteiger partial charge on any atom is -0.369 e. The molecule has 0 atom stereocenters. The Labute approximate surface area is 130 Å². The molecule has 2 aromatic heterocycles. The minimum atomic E-state index is -0.378. The quantitative estimate of drug-likeness (QED) is 0.749.